The normalized spacial score (nSPS) is 10.3. The number of carboxylic acids is 1. The molecule has 0 aliphatic carbocycles. The molecule has 1 aromatic rings. The van der Waals surface area contributed by atoms with Crippen LogP contribution in [0.3, 0.4) is 0 Å². The van der Waals surface area contributed by atoms with Gasteiger partial charge in [-0.25, -0.2) is 0 Å². The maximum Gasteiger partial charge on any atom is 0.303 e. The zero-order valence-corrected chi connectivity index (χ0v) is 9.18. The average Bonchev–Trinajstić information content (AvgIpc) is 2.37. The predicted molar refractivity (Wildman–Crippen MR) is 56.2 cm³/mol. The number of aromatic nitrogens is 1. The summed E-state index contributed by atoms with van der Waals surface area (Å²) < 4.78 is 0. The Balaban J connectivity index is 2.96. The molecule has 0 unspecified atom stereocenters. The molecule has 0 fully saturated rings. The van der Waals surface area contributed by atoms with Gasteiger partial charge in [0.25, 0.3) is 0 Å². The van der Waals surface area contributed by atoms with E-state index in [1.54, 1.807) is 0 Å². The minimum atomic E-state index is -0.828. The minimum Gasteiger partial charge on any atom is -0.481 e. The van der Waals surface area contributed by atoms with Crippen molar-refractivity contribution in [2.24, 2.45) is 0 Å². The van der Waals surface area contributed by atoms with Gasteiger partial charge in [-0.15, -0.1) is 0 Å². The van der Waals surface area contributed by atoms with Crippen LogP contribution >= 0.6 is 0 Å². The van der Waals surface area contributed by atoms with Gasteiger partial charge in [-0.2, -0.15) is 0 Å². The number of H-pyrrole nitrogens is 1. The Hall–Kier alpha value is -1.58. The summed E-state index contributed by atoms with van der Waals surface area (Å²) in [7, 11) is 0. The summed E-state index contributed by atoms with van der Waals surface area (Å²) >= 11 is 0. The van der Waals surface area contributed by atoms with Gasteiger partial charge in [-0.05, 0) is 32.8 Å². The molecule has 0 aromatic carbocycles. The van der Waals surface area contributed by atoms with Crippen LogP contribution in [0.15, 0.2) is 0 Å². The highest BCUT2D eigenvalue weighted by molar-refractivity contribution is 5.97. The highest BCUT2D eigenvalue weighted by Gasteiger charge is 2.15. The van der Waals surface area contributed by atoms with Crippen molar-refractivity contribution >= 4 is 11.8 Å². The molecule has 0 bridgehead atoms. The summed E-state index contributed by atoms with van der Waals surface area (Å²) in [6, 6.07) is 0. The molecule has 1 rings (SSSR count). The SMILES string of the molecule is CC(=O)c1c(C)[nH]c(CCC(=O)O)c1C. The summed E-state index contributed by atoms with van der Waals surface area (Å²) in [5.41, 5.74) is 3.23. The molecule has 0 aliphatic heterocycles. The molecule has 1 heterocycles. The van der Waals surface area contributed by atoms with Crippen LogP contribution in [0, 0.1) is 13.8 Å². The fourth-order valence-corrected chi connectivity index (χ4v) is 1.82. The molecule has 0 radical (unpaired) electrons. The Morgan fingerprint density at radius 3 is 2.33 bits per heavy atom. The van der Waals surface area contributed by atoms with Crippen molar-refractivity contribution in [2.45, 2.75) is 33.6 Å². The third-order valence-electron chi connectivity index (χ3n) is 2.48. The number of carbonyl (C=O) groups is 2. The van der Waals surface area contributed by atoms with Crippen LogP contribution in [0.5, 0.6) is 0 Å². The van der Waals surface area contributed by atoms with Crippen molar-refractivity contribution in [1.82, 2.24) is 4.98 Å². The Kier molecular flexibility index (Phi) is 3.29. The number of nitrogens with one attached hydrogen (secondary N) is 1. The van der Waals surface area contributed by atoms with Gasteiger partial charge in [-0.1, -0.05) is 0 Å². The number of aryl methyl sites for hydroxylation is 2. The number of hydrogen-bond acceptors (Lipinski definition) is 2. The lowest BCUT2D eigenvalue weighted by atomic mass is 10.1. The number of rotatable bonds is 4. The lowest BCUT2D eigenvalue weighted by Gasteiger charge is -1.98. The first-order valence-corrected chi connectivity index (χ1v) is 4.84. The van der Waals surface area contributed by atoms with Gasteiger partial charge in [0.1, 0.15) is 0 Å². The van der Waals surface area contributed by atoms with Gasteiger partial charge in [0.15, 0.2) is 5.78 Å². The quantitative estimate of drug-likeness (QED) is 0.743. The van der Waals surface area contributed by atoms with Crippen LogP contribution in [-0.2, 0) is 11.2 Å². The minimum absolute atomic E-state index is 0.0165. The molecular weight excluding hydrogens is 194 g/mol. The molecule has 0 saturated carbocycles. The van der Waals surface area contributed by atoms with Gasteiger partial charge in [0, 0.05) is 17.0 Å². The van der Waals surface area contributed by atoms with Gasteiger partial charge in [-0.3, -0.25) is 9.59 Å². The van der Waals surface area contributed by atoms with E-state index in [1.165, 1.54) is 6.92 Å². The molecular formula is C11H15NO3. The Labute approximate surface area is 88.3 Å². The van der Waals surface area contributed by atoms with E-state index in [4.69, 9.17) is 5.11 Å². The second-order valence-corrected chi connectivity index (χ2v) is 3.68. The van der Waals surface area contributed by atoms with Crippen molar-refractivity contribution < 1.29 is 14.7 Å². The van der Waals surface area contributed by atoms with E-state index in [1.807, 2.05) is 13.8 Å². The van der Waals surface area contributed by atoms with Gasteiger partial charge in [0.2, 0.25) is 0 Å². The molecule has 4 heteroatoms. The van der Waals surface area contributed by atoms with E-state index in [9.17, 15) is 9.59 Å². The molecule has 0 amide bonds. The first-order chi connectivity index (χ1) is 6.93. The second-order valence-electron chi connectivity index (χ2n) is 3.68. The predicted octanol–water partition coefficient (Wildman–Crippen LogP) is 1.85. The monoisotopic (exact) mass is 209 g/mol. The topological polar surface area (TPSA) is 70.2 Å². The highest BCUT2D eigenvalue weighted by Crippen LogP contribution is 2.19. The number of Topliss-reactive ketones (excluding diaryl/α,β-unsaturated/α-hetero) is 1. The summed E-state index contributed by atoms with van der Waals surface area (Å²) in [5.74, 6) is -0.811. The fourth-order valence-electron chi connectivity index (χ4n) is 1.82. The van der Waals surface area contributed by atoms with Crippen molar-refractivity contribution in [3.8, 4) is 0 Å². The molecule has 15 heavy (non-hydrogen) atoms. The van der Waals surface area contributed by atoms with E-state index < -0.39 is 5.97 Å². The third kappa shape index (κ3) is 2.46. The molecule has 0 saturated heterocycles. The van der Waals surface area contributed by atoms with Crippen LogP contribution in [0.2, 0.25) is 0 Å². The van der Waals surface area contributed by atoms with Crippen LogP contribution in [0.1, 0.15) is 40.7 Å². The van der Waals surface area contributed by atoms with Gasteiger partial charge >= 0.3 is 5.97 Å². The van der Waals surface area contributed by atoms with Crippen LogP contribution in [0.4, 0.5) is 0 Å². The summed E-state index contributed by atoms with van der Waals surface area (Å²) in [5, 5.41) is 8.57. The summed E-state index contributed by atoms with van der Waals surface area (Å²) in [4.78, 5) is 24.8. The standard InChI is InChI=1S/C11H15NO3/c1-6-9(4-5-10(14)15)12-7(2)11(6)8(3)13/h12H,4-5H2,1-3H3,(H,14,15). The highest BCUT2D eigenvalue weighted by atomic mass is 16.4. The molecule has 0 spiro atoms. The molecule has 0 aliphatic rings. The van der Waals surface area contributed by atoms with Crippen molar-refractivity contribution in [3.63, 3.8) is 0 Å². The Morgan fingerprint density at radius 1 is 1.33 bits per heavy atom. The largest absolute Gasteiger partial charge is 0.481 e. The van der Waals surface area contributed by atoms with E-state index in [2.05, 4.69) is 4.98 Å². The molecule has 2 N–H and O–H groups in total. The molecule has 4 nitrogen and oxygen atoms in total. The zero-order chi connectivity index (χ0) is 11.6. The van der Waals surface area contributed by atoms with Crippen molar-refractivity contribution in [3.05, 3.63) is 22.5 Å². The number of carbonyl (C=O) groups excluding carboxylic acids is 1. The molecule has 82 valence electrons. The second kappa shape index (κ2) is 4.29. The van der Waals surface area contributed by atoms with Crippen LogP contribution < -0.4 is 0 Å². The van der Waals surface area contributed by atoms with E-state index in [0.29, 0.717) is 12.0 Å². The smallest absolute Gasteiger partial charge is 0.303 e. The number of aliphatic carboxylic acids is 1. The van der Waals surface area contributed by atoms with E-state index >= 15 is 0 Å². The lowest BCUT2D eigenvalue weighted by Crippen LogP contribution is -1.99. The number of aromatic amines is 1. The van der Waals surface area contributed by atoms with Crippen LogP contribution in [-0.4, -0.2) is 21.8 Å². The number of hydrogen-bond donors (Lipinski definition) is 2. The Morgan fingerprint density at radius 2 is 1.93 bits per heavy atom. The van der Waals surface area contributed by atoms with Gasteiger partial charge < -0.3 is 10.1 Å². The number of carboxylic acid groups (broad SMARTS) is 1. The Bertz CT molecular complexity index is 404. The van der Waals surface area contributed by atoms with E-state index in [0.717, 1.165) is 17.0 Å². The maximum atomic E-state index is 11.3. The maximum absolute atomic E-state index is 11.3. The zero-order valence-electron chi connectivity index (χ0n) is 9.18. The van der Waals surface area contributed by atoms with Crippen molar-refractivity contribution in [2.75, 3.05) is 0 Å². The first-order valence-electron chi connectivity index (χ1n) is 4.84. The number of ketones is 1. The first kappa shape index (κ1) is 11.5. The summed E-state index contributed by atoms with van der Waals surface area (Å²) in [6.07, 6.45) is 0.521. The lowest BCUT2D eigenvalue weighted by molar-refractivity contribution is -0.136. The van der Waals surface area contributed by atoms with E-state index in [-0.39, 0.29) is 12.2 Å². The average molecular weight is 209 g/mol. The van der Waals surface area contributed by atoms with Crippen molar-refractivity contribution in [1.29, 1.82) is 0 Å². The van der Waals surface area contributed by atoms with Crippen LogP contribution in [0.25, 0.3) is 0 Å². The summed E-state index contributed by atoms with van der Waals surface area (Å²) in [6.45, 7) is 5.19. The molecule has 1 aromatic heterocycles. The van der Waals surface area contributed by atoms with Gasteiger partial charge in [0.05, 0.1) is 6.42 Å². The fraction of sp³-hybridized carbons (Fsp3) is 0.455. The molecule has 0 atom stereocenters. The third-order valence-corrected chi connectivity index (χ3v) is 2.48.